The van der Waals surface area contributed by atoms with E-state index in [2.05, 4.69) is 31.9 Å². The van der Waals surface area contributed by atoms with E-state index in [0.29, 0.717) is 5.56 Å². The number of aliphatic hydroxyl groups is 1. The van der Waals surface area contributed by atoms with Crippen molar-refractivity contribution in [2.24, 2.45) is 0 Å². The molecule has 2 nitrogen and oxygen atoms in total. The number of hydrogen-bond donors (Lipinski definition) is 1. The number of thiophene rings is 1. The lowest BCUT2D eigenvalue weighted by atomic mass is 10.1. The van der Waals surface area contributed by atoms with E-state index in [-0.39, 0.29) is 5.75 Å². The van der Waals surface area contributed by atoms with Crippen LogP contribution in [0.2, 0.25) is 0 Å². The van der Waals surface area contributed by atoms with Crippen LogP contribution in [0.3, 0.4) is 0 Å². The predicted molar refractivity (Wildman–Crippen MR) is 76.7 cm³/mol. The first-order valence-electron chi connectivity index (χ1n) is 4.99. The number of rotatable bonds is 3. The maximum Gasteiger partial charge on any atom is 0.165 e. The number of aliphatic hydroxyl groups excluding tert-OH is 1. The zero-order valence-electron chi connectivity index (χ0n) is 9.28. The maximum atomic E-state index is 13.6. The molecule has 96 valence electrons. The maximum absolute atomic E-state index is 13.6. The summed E-state index contributed by atoms with van der Waals surface area (Å²) in [5, 5.41) is 10.2. The van der Waals surface area contributed by atoms with Crippen molar-refractivity contribution in [3.05, 3.63) is 48.8 Å². The zero-order chi connectivity index (χ0) is 13.3. The van der Waals surface area contributed by atoms with Gasteiger partial charge in [-0.3, -0.25) is 0 Å². The molecule has 1 unspecified atom stereocenters. The fraction of sp³-hybridized carbons (Fsp3) is 0.167. The average Bonchev–Trinajstić information content (AvgIpc) is 2.68. The van der Waals surface area contributed by atoms with Crippen molar-refractivity contribution in [3.63, 3.8) is 0 Å². The van der Waals surface area contributed by atoms with Crippen LogP contribution in [0.25, 0.3) is 0 Å². The second kappa shape index (κ2) is 5.69. The molecule has 0 radical (unpaired) electrons. The third-order valence-electron chi connectivity index (χ3n) is 2.43. The molecule has 6 heteroatoms. The van der Waals surface area contributed by atoms with Gasteiger partial charge in [0.2, 0.25) is 0 Å². The van der Waals surface area contributed by atoms with Crippen LogP contribution in [0.1, 0.15) is 16.5 Å². The molecule has 0 saturated heterocycles. The molecule has 18 heavy (non-hydrogen) atoms. The van der Waals surface area contributed by atoms with E-state index in [1.54, 1.807) is 6.07 Å². The summed E-state index contributed by atoms with van der Waals surface area (Å²) in [7, 11) is 1.40. The summed E-state index contributed by atoms with van der Waals surface area (Å²) in [5.41, 5.74) is 0.495. The van der Waals surface area contributed by atoms with Crippen molar-refractivity contribution in [1.82, 2.24) is 0 Å². The molecule has 1 aromatic carbocycles. The quantitative estimate of drug-likeness (QED) is 0.828. The normalized spacial score (nSPS) is 12.5. The molecule has 1 heterocycles. The van der Waals surface area contributed by atoms with Gasteiger partial charge in [-0.2, -0.15) is 0 Å². The van der Waals surface area contributed by atoms with Crippen molar-refractivity contribution in [2.45, 2.75) is 6.10 Å². The highest BCUT2D eigenvalue weighted by atomic mass is 79.9. The largest absolute Gasteiger partial charge is 0.494 e. The van der Waals surface area contributed by atoms with E-state index in [1.807, 2.05) is 6.07 Å². The van der Waals surface area contributed by atoms with Crippen molar-refractivity contribution in [1.29, 1.82) is 0 Å². The smallest absolute Gasteiger partial charge is 0.165 e. The van der Waals surface area contributed by atoms with E-state index in [9.17, 15) is 9.50 Å². The van der Waals surface area contributed by atoms with Crippen LogP contribution < -0.4 is 4.74 Å². The van der Waals surface area contributed by atoms with Crippen molar-refractivity contribution in [2.75, 3.05) is 7.11 Å². The Morgan fingerprint density at radius 2 is 2.06 bits per heavy atom. The zero-order valence-corrected chi connectivity index (χ0v) is 13.3. The highest BCUT2D eigenvalue weighted by Gasteiger charge is 2.16. The Morgan fingerprint density at radius 1 is 1.33 bits per heavy atom. The molecule has 0 spiro atoms. The van der Waals surface area contributed by atoms with Gasteiger partial charge in [-0.25, -0.2) is 4.39 Å². The standard InChI is InChI=1S/C12H9Br2FO2S/c1-17-9-3-2-6(4-8(9)15)11(16)10-5-7(13)12(14)18-10/h2-5,11,16H,1H3. The lowest BCUT2D eigenvalue weighted by Gasteiger charge is -2.10. The van der Waals surface area contributed by atoms with E-state index in [4.69, 9.17) is 4.74 Å². The Hall–Kier alpha value is -0.430. The van der Waals surface area contributed by atoms with Gasteiger partial charge in [0.15, 0.2) is 11.6 Å². The number of hydrogen-bond acceptors (Lipinski definition) is 3. The van der Waals surface area contributed by atoms with Crippen LogP contribution in [0, 0.1) is 5.82 Å². The van der Waals surface area contributed by atoms with Gasteiger partial charge in [-0.15, -0.1) is 11.3 Å². The molecule has 2 rings (SSSR count). The van der Waals surface area contributed by atoms with E-state index >= 15 is 0 Å². The SMILES string of the molecule is COc1ccc(C(O)c2cc(Br)c(Br)s2)cc1F. The molecule has 0 fully saturated rings. The fourth-order valence-electron chi connectivity index (χ4n) is 1.52. The number of methoxy groups -OCH3 is 1. The molecule has 2 aromatic rings. The molecular weight excluding hydrogens is 387 g/mol. The van der Waals surface area contributed by atoms with Crippen LogP contribution >= 0.6 is 43.2 Å². The average molecular weight is 396 g/mol. The van der Waals surface area contributed by atoms with Crippen LogP contribution in [-0.4, -0.2) is 12.2 Å². The molecule has 0 saturated carbocycles. The summed E-state index contributed by atoms with van der Waals surface area (Å²) >= 11 is 8.11. The molecule has 0 bridgehead atoms. The minimum absolute atomic E-state index is 0.166. The van der Waals surface area contributed by atoms with Gasteiger partial charge in [-0.1, -0.05) is 6.07 Å². The number of ether oxygens (including phenoxy) is 1. The monoisotopic (exact) mass is 394 g/mol. The lowest BCUT2D eigenvalue weighted by molar-refractivity contribution is 0.223. The van der Waals surface area contributed by atoms with Crippen molar-refractivity contribution >= 4 is 43.2 Å². The highest BCUT2D eigenvalue weighted by molar-refractivity contribution is 9.13. The van der Waals surface area contributed by atoms with Gasteiger partial charge in [0, 0.05) is 9.35 Å². The van der Waals surface area contributed by atoms with E-state index < -0.39 is 11.9 Å². The van der Waals surface area contributed by atoms with Gasteiger partial charge < -0.3 is 9.84 Å². The first-order valence-corrected chi connectivity index (χ1v) is 7.39. The summed E-state index contributed by atoms with van der Waals surface area (Å²) in [4.78, 5) is 0.735. The van der Waals surface area contributed by atoms with E-state index in [0.717, 1.165) is 13.1 Å². The second-order valence-electron chi connectivity index (χ2n) is 3.57. The Labute approximate surface area is 125 Å². The van der Waals surface area contributed by atoms with Crippen LogP contribution in [0.15, 0.2) is 32.5 Å². The van der Waals surface area contributed by atoms with Gasteiger partial charge >= 0.3 is 0 Å². The predicted octanol–water partition coefficient (Wildman–Crippen LogP) is 4.50. The topological polar surface area (TPSA) is 29.5 Å². The van der Waals surface area contributed by atoms with Gasteiger partial charge in [0.25, 0.3) is 0 Å². The molecule has 1 N–H and O–H groups in total. The van der Waals surface area contributed by atoms with Crippen LogP contribution in [-0.2, 0) is 0 Å². The highest BCUT2D eigenvalue weighted by Crippen LogP contribution is 2.38. The van der Waals surface area contributed by atoms with Gasteiger partial charge in [0.05, 0.1) is 10.9 Å². The van der Waals surface area contributed by atoms with Crippen molar-refractivity contribution in [3.8, 4) is 5.75 Å². The summed E-state index contributed by atoms with van der Waals surface area (Å²) in [6.45, 7) is 0. The summed E-state index contributed by atoms with van der Waals surface area (Å²) in [6, 6.07) is 6.24. The molecule has 1 aromatic heterocycles. The number of benzene rings is 1. The van der Waals surface area contributed by atoms with Crippen LogP contribution in [0.4, 0.5) is 4.39 Å². The molecule has 0 aliphatic carbocycles. The molecule has 0 amide bonds. The lowest BCUT2D eigenvalue weighted by Crippen LogP contribution is -1.98. The van der Waals surface area contributed by atoms with Crippen molar-refractivity contribution < 1.29 is 14.2 Å². The third kappa shape index (κ3) is 2.77. The first kappa shape index (κ1) is 14.0. The molecule has 1 atom stereocenters. The van der Waals surface area contributed by atoms with Gasteiger partial charge in [-0.05, 0) is 55.6 Å². The Kier molecular flexibility index (Phi) is 4.42. The summed E-state index contributed by atoms with van der Waals surface area (Å²) < 4.78 is 20.2. The summed E-state index contributed by atoms with van der Waals surface area (Å²) in [6.07, 6.45) is -0.849. The molecular formula is C12H9Br2FO2S. The minimum Gasteiger partial charge on any atom is -0.494 e. The summed E-state index contributed by atoms with van der Waals surface area (Å²) in [5.74, 6) is -0.316. The van der Waals surface area contributed by atoms with Crippen LogP contribution in [0.5, 0.6) is 5.75 Å². The van der Waals surface area contributed by atoms with Gasteiger partial charge in [0.1, 0.15) is 6.10 Å². The second-order valence-corrected chi connectivity index (χ2v) is 6.82. The minimum atomic E-state index is -0.849. The van der Waals surface area contributed by atoms with E-state index in [1.165, 1.54) is 30.6 Å². The Bertz CT molecular complexity index is 552. The fourth-order valence-corrected chi connectivity index (χ4v) is 3.62. The molecule has 0 aliphatic heterocycles. The Morgan fingerprint density at radius 3 is 2.56 bits per heavy atom. The third-order valence-corrected chi connectivity index (χ3v) is 5.73. The number of halogens is 3. The Balaban J connectivity index is 2.33. The molecule has 0 aliphatic rings. The first-order chi connectivity index (χ1) is 8.52.